The largest absolute Gasteiger partial charge is 0.858 e. The summed E-state index contributed by atoms with van der Waals surface area (Å²) in [5.74, 6) is -0.879. The van der Waals surface area contributed by atoms with E-state index in [4.69, 9.17) is 32.7 Å². The SMILES string of the molecule is CCc1nn(-c2ccc(Cl)c(Cl)c2)c([O-])c1C1=C([n+]2ccccc2)C(=O)N(c2ccc3c(c2)OCO3)C1=O. The van der Waals surface area contributed by atoms with Crippen LogP contribution in [0.5, 0.6) is 17.4 Å². The molecule has 0 saturated heterocycles. The molecule has 0 unspecified atom stereocenters. The lowest BCUT2D eigenvalue weighted by Crippen LogP contribution is -2.39. The molecule has 9 nitrogen and oxygen atoms in total. The first kappa shape index (κ1) is 24.0. The van der Waals surface area contributed by atoms with Crippen molar-refractivity contribution in [2.75, 3.05) is 11.7 Å². The maximum absolute atomic E-state index is 14.0. The van der Waals surface area contributed by atoms with E-state index in [0.29, 0.717) is 34.3 Å². The molecule has 2 aromatic heterocycles. The van der Waals surface area contributed by atoms with Gasteiger partial charge < -0.3 is 14.6 Å². The Morgan fingerprint density at radius 1 is 0.947 bits per heavy atom. The fourth-order valence-corrected chi connectivity index (χ4v) is 4.82. The number of hydrogen-bond acceptors (Lipinski definition) is 6. The number of aromatic nitrogens is 3. The van der Waals surface area contributed by atoms with Crippen molar-refractivity contribution in [1.29, 1.82) is 0 Å². The van der Waals surface area contributed by atoms with Crippen LogP contribution >= 0.6 is 23.2 Å². The van der Waals surface area contributed by atoms with Crippen LogP contribution in [0.2, 0.25) is 10.0 Å². The third kappa shape index (κ3) is 3.70. The smallest absolute Gasteiger partial charge is 0.331 e. The monoisotopic (exact) mass is 548 g/mol. The van der Waals surface area contributed by atoms with Crippen LogP contribution in [-0.4, -0.2) is 28.4 Å². The number of carbonyl (C=O) groups is 2. The van der Waals surface area contributed by atoms with Crippen molar-refractivity contribution in [1.82, 2.24) is 9.78 Å². The normalized spacial score (nSPS) is 14.7. The molecule has 11 heteroatoms. The van der Waals surface area contributed by atoms with Crippen molar-refractivity contribution < 1.29 is 28.7 Å². The zero-order valence-corrected chi connectivity index (χ0v) is 21.4. The van der Waals surface area contributed by atoms with Crippen LogP contribution in [0.3, 0.4) is 0 Å². The van der Waals surface area contributed by atoms with Crippen LogP contribution in [0.25, 0.3) is 17.0 Å². The van der Waals surface area contributed by atoms with Crippen LogP contribution in [0, 0.1) is 0 Å². The van der Waals surface area contributed by atoms with Gasteiger partial charge in [0.1, 0.15) is 5.57 Å². The number of imide groups is 1. The predicted molar refractivity (Wildman–Crippen MR) is 137 cm³/mol. The minimum atomic E-state index is -0.652. The molecule has 38 heavy (non-hydrogen) atoms. The lowest BCUT2D eigenvalue weighted by Gasteiger charge is -2.16. The fourth-order valence-electron chi connectivity index (χ4n) is 4.53. The number of rotatable bonds is 5. The molecule has 2 aliphatic rings. The Hall–Kier alpha value is -4.34. The van der Waals surface area contributed by atoms with Gasteiger partial charge in [0.25, 0.3) is 11.6 Å². The number of ether oxygens (including phenoxy) is 2. The van der Waals surface area contributed by atoms with E-state index in [2.05, 4.69) is 5.10 Å². The number of amides is 2. The molecule has 4 aromatic rings. The van der Waals surface area contributed by atoms with Gasteiger partial charge in [-0.1, -0.05) is 36.2 Å². The standard InChI is InChI=1S/C27H18Cl2N4O5/c1-2-19-22(26(35)33(30-19)16-6-8-17(28)18(29)12-16)23-24(31-10-4-3-5-11-31)27(36)32(25(23)34)15-7-9-20-21(13-15)38-14-37-20/h3-13H,2,14H2,1H3. The fraction of sp³-hybridized carbons (Fsp3) is 0.111. The highest BCUT2D eigenvalue weighted by Crippen LogP contribution is 2.42. The highest BCUT2D eigenvalue weighted by Gasteiger charge is 2.47. The average molecular weight is 549 g/mol. The van der Waals surface area contributed by atoms with E-state index in [1.807, 2.05) is 6.92 Å². The maximum atomic E-state index is 14.0. The molecule has 0 radical (unpaired) electrons. The van der Waals surface area contributed by atoms with Crippen LogP contribution < -0.4 is 24.0 Å². The number of hydrogen-bond donors (Lipinski definition) is 0. The summed E-state index contributed by atoms with van der Waals surface area (Å²) in [6.45, 7) is 1.86. The number of halogens is 2. The van der Waals surface area contributed by atoms with Crippen molar-refractivity contribution >= 4 is 52.0 Å². The third-order valence-corrected chi connectivity index (χ3v) is 7.03. The number of nitrogens with zero attached hydrogens (tertiary/aromatic N) is 4. The zero-order chi connectivity index (χ0) is 26.6. The first-order valence-electron chi connectivity index (χ1n) is 11.6. The van der Waals surface area contributed by atoms with Crippen molar-refractivity contribution in [2.45, 2.75) is 13.3 Å². The Balaban J connectivity index is 1.56. The molecular weight excluding hydrogens is 531 g/mol. The first-order chi connectivity index (χ1) is 18.4. The highest BCUT2D eigenvalue weighted by atomic mass is 35.5. The van der Waals surface area contributed by atoms with Gasteiger partial charge in [0.05, 0.1) is 27.1 Å². The predicted octanol–water partition coefficient (Wildman–Crippen LogP) is 3.77. The Bertz CT molecular complexity index is 1670. The van der Waals surface area contributed by atoms with Crippen LogP contribution in [0.1, 0.15) is 18.2 Å². The van der Waals surface area contributed by atoms with Crippen molar-refractivity contribution in [2.24, 2.45) is 0 Å². The molecule has 6 rings (SSSR count). The molecule has 0 fully saturated rings. The molecule has 0 N–H and O–H groups in total. The summed E-state index contributed by atoms with van der Waals surface area (Å²) in [6.07, 6.45) is 3.62. The summed E-state index contributed by atoms with van der Waals surface area (Å²) in [5.41, 5.74) is 1.07. The van der Waals surface area contributed by atoms with E-state index < -0.39 is 17.7 Å². The molecule has 0 aliphatic carbocycles. The number of pyridine rings is 1. The lowest BCUT2D eigenvalue weighted by atomic mass is 10.0. The second-order valence-corrected chi connectivity index (χ2v) is 9.29. The summed E-state index contributed by atoms with van der Waals surface area (Å²) in [6, 6.07) is 14.7. The van der Waals surface area contributed by atoms with Gasteiger partial charge in [-0.25, -0.2) is 9.58 Å². The molecule has 2 aromatic carbocycles. The van der Waals surface area contributed by atoms with Gasteiger partial charge in [-0.15, -0.1) is 0 Å². The number of carbonyl (C=O) groups excluding carboxylic acids is 2. The first-order valence-corrected chi connectivity index (χ1v) is 12.4. The Kier molecular flexibility index (Phi) is 5.81. The Morgan fingerprint density at radius 2 is 1.68 bits per heavy atom. The lowest BCUT2D eigenvalue weighted by molar-refractivity contribution is -0.576. The van der Waals surface area contributed by atoms with Gasteiger partial charge in [-0.2, -0.15) is 9.67 Å². The van der Waals surface area contributed by atoms with Gasteiger partial charge in [-0.3, -0.25) is 9.59 Å². The van der Waals surface area contributed by atoms with Crippen molar-refractivity contribution in [3.63, 3.8) is 0 Å². The Labute approximate surface area is 226 Å². The number of fused-ring (bicyclic) bond motifs is 1. The summed E-state index contributed by atoms with van der Waals surface area (Å²) in [5, 5.41) is 18.9. The van der Waals surface area contributed by atoms with E-state index in [9.17, 15) is 14.7 Å². The number of aryl methyl sites for hydroxylation is 1. The molecule has 4 heterocycles. The van der Waals surface area contributed by atoms with Gasteiger partial charge >= 0.3 is 5.91 Å². The molecule has 0 saturated carbocycles. The van der Waals surface area contributed by atoms with Crippen LogP contribution in [0.15, 0.2) is 67.0 Å². The molecule has 0 spiro atoms. The quantitative estimate of drug-likeness (QED) is 0.278. The van der Waals surface area contributed by atoms with E-state index in [1.165, 1.54) is 10.6 Å². The summed E-state index contributed by atoms with van der Waals surface area (Å²) >= 11 is 12.2. The van der Waals surface area contributed by atoms with E-state index >= 15 is 0 Å². The van der Waals surface area contributed by atoms with Gasteiger partial charge in [0.15, 0.2) is 23.9 Å². The number of anilines is 1. The second kappa shape index (κ2) is 9.20. The number of benzene rings is 2. The maximum Gasteiger partial charge on any atom is 0.331 e. The molecule has 0 atom stereocenters. The van der Waals surface area contributed by atoms with Gasteiger partial charge in [0.2, 0.25) is 6.79 Å². The third-order valence-electron chi connectivity index (χ3n) is 6.30. The van der Waals surface area contributed by atoms with E-state index in [0.717, 1.165) is 9.58 Å². The van der Waals surface area contributed by atoms with Gasteiger partial charge in [-0.05, 0) is 42.6 Å². The van der Waals surface area contributed by atoms with Gasteiger partial charge in [0, 0.05) is 23.8 Å². The van der Waals surface area contributed by atoms with Crippen LogP contribution in [0.4, 0.5) is 5.69 Å². The molecule has 190 valence electrons. The van der Waals surface area contributed by atoms with Crippen molar-refractivity contribution in [3.05, 3.63) is 88.3 Å². The van der Waals surface area contributed by atoms with Crippen LogP contribution in [-0.2, 0) is 16.0 Å². The summed E-state index contributed by atoms with van der Waals surface area (Å²) in [4.78, 5) is 28.9. The molecule has 0 bridgehead atoms. The minimum absolute atomic E-state index is 0.0359. The average Bonchev–Trinajstić information content (AvgIpc) is 3.59. The summed E-state index contributed by atoms with van der Waals surface area (Å²) < 4.78 is 13.5. The minimum Gasteiger partial charge on any atom is -0.858 e. The highest BCUT2D eigenvalue weighted by molar-refractivity contribution is 6.53. The molecule has 2 amide bonds. The molecule has 2 aliphatic heterocycles. The summed E-state index contributed by atoms with van der Waals surface area (Å²) in [7, 11) is 0. The van der Waals surface area contributed by atoms with E-state index in [1.54, 1.807) is 60.9 Å². The second-order valence-electron chi connectivity index (χ2n) is 8.48. The topological polar surface area (TPSA) is 101 Å². The molecular formula is C27H18Cl2N4O5. The van der Waals surface area contributed by atoms with Crippen molar-refractivity contribution in [3.8, 4) is 23.1 Å². The van der Waals surface area contributed by atoms with E-state index in [-0.39, 0.29) is 34.3 Å². The Morgan fingerprint density at radius 3 is 2.42 bits per heavy atom. The zero-order valence-electron chi connectivity index (χ0n) is 19.9.